The third-order valence-electron chi connectivity index (χ3n) is 6.24. The van der Waals surface area contributed by atoms with Gasteiger partial charge < -0.3 is 10.2 Å². The zero-order chi connectivity index (χ0) is 21.8. The Labute approximate surface area is 183 Å². The van der Waals surface area contributed by atoms with Gasteiger partial charge in [0.05, 0.1) is 6.04 Å². The van der Waals surface area contributed by atoms with Crippen molar-refractivity contribution in [3.05, 3.63) is 71.3 Å². The molecule has 4 rings (SSSR count). The number of unbranched alkanes of at least 4 members (excludes halogenated alkanes) is 2. The quantitative estimate of drug-likeness (QED) is 0.522. The van der Waals surface area contributed by atoms with E-state index in [9.17, 15) is 14.4 Å². The minimum Gasteiger partial charge on any atom is -0.350 e. The normalized spacial score (nSPS) is 18.5. The van der Waals surface area contributed by atoms with E-state index in [-0.39, 0.29) is 29.9 Å². The zero-order valence-corrected chi connectivity index (χ0v) is 17.9. The van der Waals surface area contributed by atoms with Crippen LogP contribution in [0.2, 0.25) is 0 Å². The highest BCUT2D eigenvalue weighted by Crippen LogP contribution is 2.30. The fraction of sp³-hybridized carbons (Fsp3) is 0.400. The second kappa shape index (κ2) is 9.33. The smallest absolute Gasteiger partial charge is 0.327 e. The minimum absolute atomic E-state index is 0.0185. The van der Waals surface area contributed by atoms with E-state index in [1.165, 1.54) is 4.90 Å². The minimum atomic E-state index is -0.368. The Balaban J connectivity index is 1.20. The molecule has 1 N–H and O–H groups in total. The summed E-state index contributed by atoms with van der Waals surface area (Å²) in [7, 11) is 0. The fourth-order valence-corrected chi connectivity index (χ4v) is 4.45. The van der Waals surface area contributed by atoms with Crippen LogP contribution >= 0.6 is 0 Å². The molecule has 4 amide bonds. The molecule has 2 atom stereocenters. The lowest BCUT2D eigenvalue weighted by Crippen LogP contribution is -2.39. The summed E-state index contributed by atoms with van der Waals surface area (Å²) in [5.74, 6) is -0.0616. The molecular weight excluding hydrogens is 390 g/mol. The summed E-state index contributed by atoms with van der Waals surface area (Å²) >= 11 is 0. The number of fused-ring (bicyclic) bond motifs is 2. The van der Waals surface area contributed by atoms with Crippen molar-refractivity contribution in [2.45, 2.75) is 57.7 Å². The van der Waals surface area contributed by atoms with Crippen LogP contribution in [0.25, 0.3) is 0 Å². The average molecular weight is 420 g/mol. The predicted octanol–water partition coefficient (Wildman–Crippen LogP) is 3.81. The first-order valence-electron chi connectivity index (χ1n) is 11.1. The van der Waals surface area contributed by atoms with Gasteiger partial charge in [-0.25, -0.2) is 4.79 Å². The van der Waals surface area contributed by atoms with E-state index in [0.29, 0.717) is 32.4 Å². The topological polar surface area (TPSA) is 69.7 Å². The lowest BCUT2D eigenvalue weighted by molar-refractivity contribution is -0.128. The molecule has 0 radical (unpaired) electrons. The highest BCUT2D eigenvalue weighted by atomic mass is 16.2. The second-order valence-electron chi connectivity index (χ2n) is 8.40. The van der Waals surface area contributed by atoms with Gasteiger partial charge in [-0.1, -0.05) is 61.0 Å². The number of rotatable bonds is 8. The number of nitrogens with one attached hydrogen (secondary N) is 1. The molecule has 0 aromatic heterocycles. The molecule has 2 aromatic carbocycles. The largest absolute Gasteiger partial charge is 0.350 e. The third-order valence-corrected chi connectivity index (χ3v) is 6.24. The van der Waals surface area contributed by atoms with E-state index in [2.05, 4.69) is 5.32 Å². The molecule has 2 aromatic rings. The van der Waals surface area contributed by atoms with Crippen molar-refractivity contribution >= 4 is 17.8 Å². The van der Waals surface area contributed by atoms with Crippen molar-refractivity contribution in [3.63, 3.8) is 0 Å². The summed E-state index contributed by atoms with van der Waals surface area (Å²) in [4.78, 5) is 40.8. The summed E-state index contributed by atoms with van der Waals surface area (Å²) in [6.45, 7) is 2.90. The molecule has 2 aliphatic rings. The molecule has 0 bridgehead atoms. The molecule has 1 fully saturated rings. The van der Waals surface area contributed by atoms with Gasteiger partial charge in [-0.15, -0.1) is 0 Å². The first-order chi connectivity index (χ1) is 15.0. The van der Waals surface area contributed by atoms with Crippen LogP contribution in [0.4, 0.5) is 4.79 Å². The number of carbonyl (C=O) groups is 3. The van der Waals surface area contributed by atoms with Gasteiger partial charge in [-0.3, -0.25) is 14.5 Å². The number of imide groups is 1. The van der Waals surface area contributed by atoms with Gasteiger partial charge >= 0.3 is 6.03 Å². The highest BCUT2D eigenvalue weighted by molar-refractivity contribution is 6.04. The molecule has 2 unspecified atom stereocenters. The maximum atomic E-state index is 12.8. The summed E-state index contributed by atoms with van der Waals surface area (Å²) in [5, 5.41) is 3.02. The van der Waals surface area contributed by atoms with E-state index in [0.717, 1.165) is 29.5 Å². The van der Waals surface area contributed by atoms with Gasteiger partial charge in [0.25, 0.3) is 5.91 Å². The van der Waals surface area contributed by atoms with E-state index < -0.39 is 0 Å². The Morgan fingerprint density at radius 3 is 2.48 bits per heavy atom. The fourth-order valence-electron chi connectivity index (χ4n) is 4.45. The molecule has 0 spiro atoms. The van der Waals surface area contributed by atoms with Gasteiger partial charge in [0.2, 0.25) is 5.91 Å². The summed E-state index contributed by atoms with van der Waals surface area (Å²) < 4.78 is 0. The molecular formula is C25H29N3O3. The average Bonchev–Trinajstić information content (AvgIpc) is 3.02. The molecule has 0 saturated carbocycles. The van der Waals surface area contributed by atoms with Gasteiger partial charge in [-0.2, -0.15) is 0 Å². The monoisotopic (exact) mass is 419 g/mol. The first-order valence-corrected chi connectivity index (χ1v) is 11.1. The molecule has 6 nitrogen and oxygen atoms in total. The number of benzene rings is 2. The van der Waals surface area contributed by atoms with Crippen molar-refractivity contribution in [2.75, 3.05) is 6.54 Å². The maximum Gasteiger partial charge on any atom is 0.327 e. The standard InChI is InChI=1S/C25H29N3O3/c1-18(19-10-4-2-5-11-19)26-23(29)14-6-3-9-15-27-24(30)22-16-20-12-7-8-13-21(20)17-28(22)25(27)31/h2,4-5,7-8,10-13,18,22H,3,6,9,14-17H2,1H3,(H,26,29). The molecule has 1 saturated heterocycles. The molecule has 2 aliphatic heterocycles. The number of hydrogen-bond acceptors (Lipinski definition) is 3. The summed E-state index contributed by atoms with van der Waals surface area (Å²) in [6.07, 6.45) is 3.30. The van der Waals surface area contributed by atoms with Crippen LogP contribution in [0.1, 0.15) is 55.3 Å². The van der Waals surface area contributed by atoms with Crippen LogP contribution in [0, 0.1) is 0 Å². The van der Waals surface area contributed by atoms with Crippen LogP contribution in [-0.2, 0) is 22.6 Å². The lowest BCUT2D eigenvalue weighted by atomic mass is 9.95. The Morgan fingerprint density at radius 2 is 1.71 bits per heavy atom. The van der Waals surface area contributed by atoms with Crippen molar-refractivity contribution in [3.8, 4) is 0 Å². The number of hydrogen-bond donors (Lipinski definition) is 1. The van der Waals surface area contributed by atoms with Gasteiger partial charge in [0.15, 0.2) is 0 Å². The van der Waals surface area contributed by atoms with Crippen molar-refractivity contribution in [1.29, 1.82) is 0 Å². The van der Waals surface area contributed by atoms with E-state index in [1.807, 2.05) is 61.5 Å². The van der Waals surface area contributed by atoms with Crippen LogP contribution in [0.15, 0.2) is 54.6 Å². The summed E-state index contributed by atoms with van der Waals surface area (Å²) in [6, 6.07) is 17.3. The van der Waals surface area contributed by atoms with Gasteiger partial charge in [0, 0.05) is 25.9 Å². The van der Waals surface area contributed by atoms with Crippen molar-refractivity contribution in [2.24, 2.45) is 0 Å². The Bertz CT molecular complexity index is 916. The van der Waals surface area contributed by atoms with E-state index in [1.54, 1.807) is 4.90 Å². The zero-order valence-electron chi connectivity index (χ0n) is 17.9. The molecule has 2 heterocycles. The van der Waals surface area contributed by atoms with Crippen molar-refractivity contribution in [1.82, 2.24) is 15.1 Å². The van der Waals surface area contributed by atoms with Crippen molar-refractivity contribution < 1.29 is 14.4 Å². The third kappa shape index (κ3) is 4.63. The van der Waals surface area contributed by atoms with Crippen LogP contribution in [0.5, 0.6) is 0 Å². The first kappa shape index (κ1) is 21.1. The number of urea groups is 1. The van der Waals surface area contributed by atoms with Gasteiger partial charge in [-0.05, 0) is 36.5 Å². The van der Waals surface area contributed by atoms with Crippen LogP contribution < -0.4 is 5.32 Å². The van der Waals surface area contributed by atoms with Crippen LogP contribution in [0.3, 0.4) is 0 Å². The number of nitrogens with zero attached hydrogens (tertiary/aromatic N) is 2. The Morgan fingerprint density at radius 1 is 1.00 bits per heavy atom. The number of carbonyl (C=O) groups excluding carboxylic acids is 3. The Hall–Kier alpha value is -3.15. The predicted molar refractivity (Wildman–Crippen MR) is 118 cm³/mol. The van der Waals surface area contributed by atoms with Gasteiger partial charge in [0.1, 0.15) is 6.04 Å². The van der Waals surface area contributed by atoms with E-state index in [4.69, 9.17) is 0 Å². The maximum absolute atomic E-state index is 12.8. The highest BCUT2D eigenvalue weighted by Gasteiger charge is 2.46. The lowest BCUT2D eigenvalue weighted by Gasteiger charge is -2.28. The number of amides is 4. The molecule has 31 heavy (non-hydrogen) atoms. The molecule has 0 aliphatic carbocycles. The second-order valence-corrected chi connectivity index (χ2v) is 8.40. The molecule has 6 heteroatoms. The Kier molecular flexibility index (Phi) is 6.35. The SMILES string of the molecule is CC(NC(=O)CCCCCN1C(=O)C2Cc3ccccc3CN2C1=O)c1ccccc1. The van der Waals surface area contributed by atoms with E-state index >= 15 is 0 Å². The molecule has 162 valence electrons. The summed E-state index contributed by atoms with van der Waals surface area (Å²) in [5.41, 5.74) is 3.36. The van der Waals surface area contributed by atoms with Crippen LogP contribution in [-0.4, -0.2) is 40.2 Å².